The number of guanidine groups is 1. The fourth-order valence-electron chi connectivity index (χ4n) is 2.28. The van der Waals surface area contributed by atoms with Gasteiger partial charge in [0.2, 0.25) is 0 Å². The summed E-state index contributed by atoms with van der Waals surface area (Å²) in [6.45, 7) is 5.02. The van der Waals surface area contributed by atoms with Gasteiger partial charge in [-0.3, -0.25) is 4.99 Å². The fourth-order valence-corrected chi connectivity index (χ4v) is 2.28. The van der Waals surface area contributed by atoms with Crippen LogP contribution in [-0.2, 0) is 11.2 Å². The van der Waals surface area contributed by atoms with Crippen LogP contribution in [0, 0.1) is 5.82 Å². The highest BCUT2D eigenvalue weighted by Gasteiger charge is 2.03. The van der Waals surface area contributed by atoms with Crippen molar-refractivity contribution in [2.75, 3.05) is 33.4 Å². The topological polar surface area (TPSA) is 63.5 Å². The average Bonchev–Trinajstić information content (AvgIpc) is 3.08. The zero-order valence-electron chi connectivity index (χ0n) is 15.2. The molecular formula is C18H27FIN5O. The monoisotopic (exact) mass is 475 g/mol. The van der Waals surface area contributed by atoms with E-state index < -0.39 is 0 Å². The van der Waals surface area contributed by atoms with E-state index in [1.807, 2.05) is 19.2 Å². The Bertz CT molecular complexity index is 660. The van der Waals surface area contributed by atoms with Crippen molar-refractivity contribution in [3.8, 4) is 5.69 Å². The van der Waals surface area contributed by atoms with Gasteiger partial charge in [0.15, 0.2) is 5.96 Å². The maximum Gasteiger partial charge on any atom is 0.191 e. The maximum absolute atomic E-state index is 13.0. The van der Waals surface area contributed by atoms with Crippen LogP contribution in [0.25, 0.3) is 5.69 Å². The lowest BCUT2D eigenvalue weighted by molar-refractivity contribution is 0.197. The molecule has 0 radical (unpaired) electrons. The van der Waals surface area contributed by atoms with Crippen molar-refractivity contribution in [3.05, 3.63) is 48.0 Å². The van der Waals surface area contributed by atoms with Gasteiger partial charge >= 0.3 is 0 Å². The number of aliphatic imine (C=N–C) groups is 1. The van der Waals surface area contributed by atoms with E-state index in [1.165, 1.54) is 12.1 Å². The Morgan fingerprint density at radius 3 is 2.69 bits per heavy atom. The SMILES string of the molecule is CCNC(=NCCCOC)NCCc1ccn(-c2ccc(F)cc2)n1.I. The van der Waals surface area contributed by atoms with Gasteiger partial charge in [-0.1, -0.05) is 0 Å². The molecule has 0 aliphatic carbocycles. The highest BCUT2D eigenvalue weighted by Crippen LogP contribution is 2.09. The summed E-state index contributed by atoms with van der Waals surface area (Å²) in [5.41, 5.74) is 1.81. The Labute approximate surface area is 171 Å². The molecule has 0 spiro atoms. The lowest BCUT2D eigenvalue weighted by atomic mass is 10.3. The van der Waals surface area contributed by atoms with Gasteiger partial charge in [0.25, 0.3) is 0 Å². The van der Waals surface area contributed by atoms with E-state index in [1.54, 1.807) is 23.9 Å². The summed E-state index contributed by atoms with van der Waals surface area (Å²) in [6.07, 6.45) is 3.55. The van der Waals surface area contributed by atoms with Gasteiger partial charge in [-0.05, 0) is 43.7 Å². The van der Waals surface area contributed by atoms with Crippen LogP contribution in [0.5, 0.6) is 0 Å². The number of ether oxygens (including phenoxy) is 1. The summed E-state index contributed by atoms with van der Waals surface area (Å²) in [5, 5.41) is 11.0. The van der Waals surface area contributed by atoms with Crippen LogP contribution >= 0.6 is 24.0 Å². The summed E-state index contributed by atoms with van der Waals surface area (Å²) in [5.74, 6) is 0.553. The Kier molecular flexibility index (Phi) is 10.9. The van der Waals surface area contributed by atoms with E-state index in [0.29, 0.717) is 6.61 Å². The summed E-state index contributed by atoms with van der Waals surface area (Å²) in [4.78, 5) is 4.50. The van der Waals surface area contributed by atoms with Gasteiger partial charge < -0.3 is 15.4 Å². The molecule has 6 nitrogen and oxygen atoms in total. The second kappa shape index (κ2) is 12.6. The molecule has 0 aliphatic rings. The molecule has 0 saturated heterocycles. The molecule has 144 valence electrons. The Balaban J connectivity index is 0.00000338. The van der Waals surface area contributed by atoms with Crippen LogP contribution in [0.15, 0.2) is 41.5 Å². The molecule has 2 aromatic rings. The normalized spacial score (nSPS) is 11.1. The quantitative estimate of drug-likeness (QED) is 0.254. The Morgan fingerprint density at radius 2 is 2.00 bits per heavy atom. The van der Waals surface area contributed by atoms with Gasteiger partial charge in [0.05, 0.1) is 11.4 Å². The summed E-state index contributed by atoms with van der Waals surface area (Å²) in [7, 11) is 1.69. The minimum Gasteiger partial charge on any atom is -0.385 e. The number of nitrogens with one attached hydrogen (secondary N) is 2. The minimum absolute atomic E-state index is 0. The molecule has 0 amide bonds. The van der Waals surface area contributed by atoms with Gasteiger partial charge in [-0.2, -0.15) is 5.10 Å². The van der Waals surface area contributed by atoms with Crippen molar-refractivity contribution in [2.45, 2.75) is 19.8 Å². The molecule has 2 rings (SSSR count). The minimum atomic E-state index is -0.249. The highest BCUT2D eigenvalue weighted by molar-refractivity contribution is 14.0. The summed E-state index contributed by atoms with van der Waals surface area (Å²) >= 11 is 0. The van der Waals surface area contributed by atoms with Crippen LogP contribution in [0.2, 0.25) is 0 Å². The zero-order chi connectivity index (χ0) is 17.9. The zero-order valence-corrected chi connectivity index (χ0v) is 17.6. The third-order valence-electron chi connectivity index (χ3n) is 3.53. The molecular weight excluding hydrogens is 448 g/mol. The van der Waals surface area contributed by atoms with Crippen molar-refractivity contribution in [2.24, 2.45) is 4.99 Å². The number of benzene rings is 1. The van der Waals surface area contributed by atoms with Crippen molar-refractivity contribution in [1.82, 2.24) is 20.4 Å². The standard InChI is InChI=1S/C18H26FN5O.HI/c1-3-20-18(21-11-4-14-25-2)22-12-9-16-10-13-24(23-16)17-7-5-15(19)6-8-17;/h5-8,10,13H,3-4,9,11-12,14H2,1-2H3,(H2,20,21,22);1H. The Hall–Kier alpha value is -1.68. The first-order valence-electron chi connectivity index (χ1n) is 8.54. The Morgan fingerprint density at radius 1 is 1.23 bits per heavy atom. The number of hydrogen-bond acceptors (Lipinski definition) is 3. The molecule has 0 fully saturated rings. The van der Waals surface area contributed by atoms with Crippen LogP contribution in [-0.4, -0.2) is 49.1 Å². The molecule has 0 unspecified atom stereocenters. The lowest BCUT2D eigenvalue weighted by Gasteiger charge is -2.10. The van der Waals surface area contributed by atoms with E-state index >= 15 is 0 Å². The first-order valence-corrected chi connectivity index (χ1v) is 8.54. The predicted molar refractivity (Wildman–Crippen MR) is 113 cm³/mol. The van der Waals surface area contributed by atoms with Crippen molar-refractivity contribution < 1.29 is 9.13 Å². The number of halogens is 2. The molecule has 0 saturated carbocycles. The van der Waals surface area contributed by atoms with Crippen molar-refractivity contribution >= 4 is 29.9 Å². The molecule has 1 aromatic heterocycles. The molecule has 0 atom stereocenters. The van der Waals surface area contributed by atoms with Crippen molar-refractivity contribution in [1.29, 1.82) is 0 Å². The molecule has 26 heavy (non-hydrogen) atoms. The smallest absolute Gasteiger partial charge is 0.191 e. The van der Waals surface area contributed by atoms with Gasteiger partial charge in [0.1, 0.15) is 5.82 Å². The number of nitrogens with zero attached hydrogens (tertiary/aromatic N) is 3. The van der Waals surface area contributed by atoms with Gasteiger partial charge in [-0.15, -0.1) is 24.0 Å². The largest absolute Gasteiger partial charge is 0.385 e. The number of aromatic nitrogens is 2. The molecule has 8 heteroatoms. The second-order valence-corrected chi connectivity index (χ2v) is 5.51. The number of rotatable bonds is 9. The summed E-state index contributed by atoms with van der Waals surface area (Å²) in [6, 6.07) is 8.25. The highest BCUT2D eigenvalue weighted by atomic mass is 127. The molecule has 2 N–H and O–H groups in total. The van der Waals surface area contributed by atoms with Crippen LogP contribution in [0.3, 0.4) is 0 Å². The van der Waals surface area contributed by atoms with Crippen molar-refractivity contribution in [3.63, 3.8) is 0 Å². The van der Waals surface area contributed by atoms with E-state index in [4.69, 9.17) is 4.74 Å². The second-order valence-electron chi connectivity index (χ2n) is 5.51. The number of hydrogen-bond donors (Lipinski definition) is 2. The molecule has 1 heterocycles. The summed E-state index contributed by atoms with van der Waals surface area (Å²) < 4.78 is 19.8. The van der Waals surface area contributed by atoms with Crippen LogP contribution in [0.4, 0.5) is 4.39 Å². The van der Waals surface area contributed by atoms with Gasteiger partial charge in [-0.25, -0.2) is 9.07 Å². The lowest BCUT2D eigenvalue weighted by Crippen LogP contribution is -2.38. The first kappa shape index (κ1) is 22.4. The predicted octanol–water partition coefficient (Wildman–Crippen LogP) is 2.76. The van der Waals surface area contributed by atoms with E-state index in [9.17, 15) is 4.39 Å². The third kappa shape index (κ3) is 7.69. The average molecular weight is 475 g/mol. The maximum atomic E-state index is 13.0. The van der Waals surface area contributed by atoms with Gasteiger partial charge in [0, 0.05) is 46.0 Å². The first-order chi connectivity index (χ1) is 12.2. The van der Waals surface area contributed by atoms with E-state index in [0.717, 1.165) is 49.8 Å². The van der Waals surface area contributed by atoms with Crippen LogP contribution < -0.4 is 10.6 Å². The number of methoxy groups -OCH3 is 1. The van der Waals surface area contributed by atoms with Crippen LogP contribution in [0.1, 0.15) is 19.0 Å². The van der Waals surface area contributed by atoms with E-state index in [2.05, 4.69) is 20.7 Å². The molecule has 1 aromatic carbocycles. The molecule has 0 bridgehead atoms. The molecule has 0 aliphatic heterocycles. The fraction of sp³-hybridized carbons (Fsp3) is 0.444. The van der Waals surface area contributed by atoms with E-state index in [-0.39, 0.29) is 29.8 Å². The third-order valence-corrected chi connectivity index (χ3v) is 3.53.